The maximum absolute atomic E-state index is 11.7. The van der Waals surface area contributed by atoms with Crippen molar-refractivity contribution in [1.82, 2.24) is 10.2 Å². The molecule has 0 bridgehead atoms. The second kappa shape index (κ2) is 8.41. The number of guanidine groups is 1. The minimum Gasteiger partial charge on any atom is -0.450 e. The molecule has 0 radical (unpaired) electrons. The minimum atomic E-state index is -0.209. The highest BCUT2D eigenvalue weighted by molar-refractivity contribution is 5.78. The van der Waals surface area contributed by atoms with Crippen molar-refractivity contribution >= 4 is 12.1 Å². The van der Waals surface area contributed by atoms with Crippen LogP contribution in [0, 0.1) is 5.41 Å². The SMILES string of the molecule is CCCC1(CN=C(N)NC2CCN(C(=O)OCC)CC2)CCC1. The van der Waals surface area contributed by atoms with Gasteiger partial charge in [-0.3, -0.25) is 4.99 Å². The molecule has 2 fully saturated rings. The fourth-order valence-corrected chi connectivity index (χ4v) is 3.62. The summed E-state index contributed by atoms with van der Waals surface area (Å²) in [6.07, 6.45) is 7.93. The Labute approximate surface area is 139 Å². The first-order valence-electron chi connectivity index (χ1n) is 9.07. The number of carbonyl (C=O) groups excluding carboxylic acids is 1. The third-order valence-corrected chi connectivity index (χ3v) is 5.15. The number of nitrogens with two attached hydrogens (primary N) is 1. The van der Waals surface area contributed by atoms with Crippen LogP contribution in [0.1, 0.15) is 58.8 Å². The van der Waals surface area contributed by atoms with Crippen molar-refractivity contribution in [2.24, 2.45) is 16.1 Å². The lowest BCUT2D eigenvalue weighted by Crippen LogP contribution is -2.49. The highest BCUT2D eigenvalue weighted by Crippen LogP contribution is 2.44. The summed E-state index contributed by atoms with van der Waals surface area (Å²) in [7, 11) is 0. The molecule has 6 heteroatoms. The maximum Gasteiger partial charge on any atom is 0.409 e. The third kappa shape index (κ3) is 5.01. The smallest absolute Gasteiger partial charge is 0.409 e. The summed E-state index contributed by atoms with van der Waals surface area (Å²) >= 11 is 0. The number of piperidine rings is 1. The van der Waals surface area contributed by atoms with Gasteiger partial charge in [-0.15, -0.1) is 0 Å². The number of hydrogen-bond donors (Lipinski definition) is 2. The zero-order valence-electron chi connectivity index (χ0n) is 14.6. The van der Waals surface area contributed by atoms with Gasteiger partial charge >= 0.3 is 6.09 Å². The van der Waals surface area contributed by atoms with Gasteiger partial charge in [0.2, 0.25) is 0 Å². The number of hydrogen-bond acceptors (Lipinski definition) is 3. The lowest BCUT2D eigenvalue weighted by Gasteiger charge is -2.41. The molecule has 1 heterocycles. The fourth-order valence-electron chi connectivity index (χ4n) is 3.62. The van der Waals surface area contributed by atoms with Crippen LogP contribution in [-0.2, 0) is 4.74 Å². The monoisotopic (exact) mass is 324 g/mol. The van der Waals surface area contributed by atoms with Crippen LogP contribution >= 0.6 is 0 Å². The van der Waals surface area contributed by atoms with Crippen LogP contribution in [0.5, 0.6) is 0 Å². The molecule has 3 N–H and O–H groups in total. The second-order valence-electron chi connectivity index (χ2n) is 6.91. The van der Waals surface area contributed by atoms with Gasteiger partial charge in [0.05, 0.1) is 6.61 Å². The predicted molar refractivity (Wildman–Crippen MR) is 92.4 cm³/mol. The summed E-state index contributed by atoms with van der Waals surface area (Å²) in [6, 6.07) is 0.299. The van der Waals surface area contributed by atoms with Crippen molar-refractivity contribution < 1.29 is 9.53 Å². The number of nitrogens with zero attached hydrogens (tertiary/aromatic N) is 2. The highest BCUT2D eigenvalue weighted by Gasteiger charge is 2.35. The van der Waals surface area contributed by atoms with Gasteiger partial charge in [-0.2, -0.15) is 0 Å². The molecule has 1 saturated carbocycles. The van der Waals surface area contributed by atoms with E-state index >= 15 is 0 Å². The van der Waals surface area contributed by atoms with E-state index in [2.05, 4.69) is 17.2 Å². The molecule has 23 heavy (non-hydrogen) atoms. The molecule has 0 aromatic heterocycles. The molecule has 6 nitrogen and oxygen atoms in total. The number of carbonyl (C=O) groups is 1. The van der Waals surface area contributed by atoms with Gasteiger partial charge in [0, 0.05) is 25.7 Å². The van der Waals surface area contributed by atoms with Crippen molar-refractivity contribution in [1.29, 1.82) is 0 Å². The molecule has 0 aromatic rings. The topological polar surface area (TPSA) is 80.0 Å². The molecule has 0 aromatic carbocycles. The number of likely N-dealkylation sites (tertiary alicyclic amines) is 1. The Bertz CT molecular complexity index is 413. The summed E-state index contributed by atoms with van der Waals surface area (Å²) in [4.78, 5) is 18.0. The lowest BCUT2D eigenvalue weighted by atomic mass is 9.66. The van der Waals surface area contributed by atoms with Crippen LogP contribution in [0.4, 0.5) is 4.79 Å². The summed E-state index contributed by atoms with van der Waals surface area (Å²) in [5.41, 5.74) is 6.47. The standard InChI is InChI=1S/C17H32N4O2/c1-3-8-17(9-5-10-17)13-19-15(18)20-14-6-11-21(12-7-14)16(22)23-4-2/h14H,3-13H2,1-2H3,(H3,18,19,20). The Morgan fingerprint density at radius 2 is 2.04 bits per heavy atom. The Morgan fingerprint density at radius 3 is 2.57 bits per heavy atom. The number of nitrogens with one attached hydrogen (secondary N) is 1. The van der Waals surface area contributed by atoms with Crippen molar-refractivity contribution in [2.45, 2.75) is 64.8 Å². The third-order valence-electron chi connectivity index (χ3n) is 5.15. The van der Waals surface area contributed by atoms with Crippen LogP contribution in [-0.4, -0.2) is 49.2 Å². The van der Waals surface area contributed by atoms with Crippen LogP contribution in [0.2, 0.25) is 0 Å². The first-order valence-corrected chi connectivity index (χ1v) is 9.07. The van der Waals surface area contributed by atoms with E-state index in [1.807, 2.05) is 6.92 Å². The average molecular weight is 324 g/mol. The highest BCUT2D eigenvalue weighted by atomic mass is 16.6. The van der Waals surface area contributed by atoms with Crippen LogP contribution in [0.3, 0.4) is 0 Å². The Kier molecular flexibility index (Phi) is 6.54. The lowest BCUT2D eigenvalue weighted by molar-refractivity contribution is 0.0963. The van der Waals surface area contributed by atoms with E-state index < -0.39 is 0 Å². The minimum absolute atomic E-state index is 0.209. The zero-order chi connectivity index (χ0) is 16.7. The van der Waals surface area contributed by atoms with Gasteiger partial charge in [-0.05, 0) is 44.4 Å². The van der Waals surface area contributed by atoms with Crippen molar-refractivity contribution in [2.75, 3.05) is 26.2 Å². The molecule has 0 atom stereocenters. The quantitative estimate of drug-likeness (QED) is 0.581. The summed E-state index contributed by atoms with van der Waals surface area (Å²) in [6.45, 7) is 6.77. The Hall–Kier alpha value is -1.46. The van der Waals surface area contributed by atoms with Crippen molar-refractivity contribution in [3.8, 4) is 0 Å². The number of ether oxygens (including phenoxy) is 1. The number of amides is 1. The Balaban J connectivity index is 1.73. The first-order chi connectivity index (χ1) is 11.1. The second-order valence-corrected chi connectivity index (χ2v) is 6.91. The van der Waals surface area contributed by atoms with Crippen molar-refractivity contribution in [3.05, 3.63) is 0 Å². The van der Waals surface area contributed by atoms with Gasteiger partial charge in [0.15, 0.2) is 5.96 Å². The van der Waals surface area contributed by atoms with E-state index in [-0.39, 0.29) is 6.09 Å². The molecule has 1 aliphatic carbocycles. The number of rotatable bonds is 6. The van der Waals surface area contributed by atoms with Crippen LogP contribution in [0.15, 0.2) is 4.99 Å². The van der Waals surface area contributed by atoms with Gasteiger partial charge in [-0.25, -0.2) is 4.79 Å². The zero-order valence-corrected chi connectivity index (χ0v) is 14.6. The normalized spacial score (nSPS) is 21.7. The van der Waals surface area contributed by atoms with E-state index in [9.17, 15) is 4.79 Å². The van der Waals surface area contributed by atoms with E-state index in [4.69, 9.17) is 10.5 Å². The average Bonchev–Trinajstić information content (AvgIpc) is 2.51. The Morgan fingerprint density at radius 1 is 1.35 bits per heavy atom. The molecular weight excluding hydrogens is 292 g/mol. The van der Waals surface area contributed by atoms with Gasteiger partial charge in [0.1, 0.15) is 0 Å². The fraction of sp³-hybridized carbons (Fsp3) is 0.882. The molecule has 0 unspecified atom stereocenters. The molecular formula is C17H32N4O2. The largest absolute Gasteiger partial charge is 0.450 e. The van der Waals surface area contributed by atoms with E-state index in [0.29, 0.717) is 37.1 Å². The molecule has 132 valence electrons. The summed E-state index contributed by atoms with van der Waals surface area (Å²) in [5.74, 6) is 0.557. The number of aliphatic imine (C=N–C) groups is 1. The van der Waals surface area contributed by atoms with E-state index in [0.717, 1.165) is 19.4 Å². The molecule has 2 rings (SSSR count). The molecule has 2 aliphatic rings. The molecule has 1 saturated heterocycles. The van der Waals surface area contributed by atoms with Gasteiger partial charge in [-0.1, -0.05) is 19.8 Å². The molecule has 0 spiro atoms. The van der Waals surface area contributed by atoms with Crippen molar-refractivity contribution in [3.63, 3.8) is 0 Å². The van der Waals surface area contributed by atoms with Crippen LogP contribution in [0.25, 0.3) is 0 Å². The summed E-state index contributed by atoms with van der Waals surface area (Å²) < 4.78 is 5.03. The summed E-state index contributed by atoms with van der Waals surface area (Å²) in [5, 5.41) is 3.32. The van der Waals surface area contributed by atoms with Gasteiger partial charge in [0.25, 0.3) is 0 Å². The first kappa shape index (κ1) is 17.9. The predicted octanol–water partition coefficient (Wildman–Crippen LogP) is 2.48. The van der Waals surface area contributed by atoms with E-state index in [1.165, 1.54) is 32.1 Å². The van der Waals surface area contributed by atoms with Gasteiger partial charge < -0.3 is 20.7 Å². The molecule has 1 amide bonds. The van der Waals surface area contributed by atoms with Crippen LogP contribution < -0.4 is 11.1 Å². The van der Waals surface area contributed by atoms with E-state index in [1.54, 1.807) is 4.90 Å². The maximum atomic E-state index is 11.7. The molecule has 1 aliphatic heterocycles.